The molecule has 9 rings (SSSR count). The van der Waals surface area contributed by atoms with Gasteiger partial charge in [-0.05, 0) is 52.0 Å². The minimum atomic E-state index is -0.705. The Morgan fingerprint density at radius 2 is 1.89 bits per heavy atom. The molecule has 1 N–H and O–H groups in total. The molecule has 0 radical (unpaired) electrons. The SMILES string of the molecule is [C-]#[N+][C@@]1(c2ccc3cnn(-c4cc(N5CC6(C(C)(C)O)CC5C6)nc(N5CCC5)n4)c3c2)CC12CC2. The van der Waals surface area contributed by atoms with Gasteiger partial charge in [-0.1, -0.05) is 12.1 Å². The number of nitrogens with zero attached hydrogens (tertiary/aromatic N) is 7. The summed E-state index contributed by atoms with van der Waals surface area (Å²) in [6, 6.07) is 8.88. The normalized spacial score (nSPS) is 31.3. The van der Waals surface area contributed by atoms with Gasteiger partial charge in [0.25, 0.3) is 5.54 Å². The number of rotatable bonds is 5. The molecule has 6 fully saturated rings. The smallest absolute Gasteiger partial charge is 0.264 e. The van der Waals surface area contributed by atoms with Gasteiger partial charge >= 0.3 is 0 Å². The third-order valence-electron chi connectivity index (χ3n) is 10.2. The van der Waals surface area contributed by atoms with Gasteiger partial charge in [0.2, 0.25) is 5.95 Å². The summed E-state index contributed by atoms with van der Waals surface area (Å²) < 4.78 is 1.93. The van der Waals surface area contributed by atoms with E-state index in [2.05, 4.69) is 38.9 Å². The first-order valence-electron chi connectivity index (χ1n) is 13.3. The first kappa shape index (κ1) is 21.0. The summed E-state index contributed by atoms with van der Waals surface area (Å²) in [5, 5.41) is 16.7. The van der Waals surface area contributed by atoms with Gasteiger partial charge in [-0.2, -0.15) is 15.1 Å². The Labute approximate surface area is 210 Å². The summed E-state index contributed by atoms with van der Waals surface area (Å²) in [5.74, 6) is 2.45. The lowest BCUT2D eigenvalue weighted by atomic mass is 9.61. The molecule has 1 atom stereocenters. The third kappa shape index (κ3) is 2.54. The molecule has 3 saturated carbocycles. The van der Waals surface area contributed by atoms with E-state index in [9.17, 15) is 5.11 Å². The Kier molecular flexibility index (Phi) is 3.72. The maximum atomic E-state index is 10.8. The molecule has 2 bridgehead atoms. The summed E-state index contributed by atoms with van der Waals surface area (Å²) in [4.78, 5) is 18.7. The van der Waals surface area contributed by atoms with Crippen LogP contribution in [-0.2, 0) is 5.54 Å². The summed E-state index contributed by atoms with van der Waals surface area (Å²) in [5.41, 5.74) is 1.23. The average Bonchev–Trinajstić information content (AvgIpc) is 3.48. The molecule has 184 valence electrons. The van der Waals surface area contributed by atoms with E-state index >= 15 is 0 Å². The molecule has 8 nitrogen and oxygen atoms in total. The van der Waals surface area contributed by atoms with Crippen LogP contribution in [0.4, 0.5) is 11.8 Å². The highest BCUT2D eigenvalue weighted by atomic mass is 16.3. The zero-order chi connectivity index (χ0) is 24.5. The minimum absolute atomic E-state index is 0.0654. The Morgan fingerprint density at radius 3 is 2.50 bits per heavy atom. The molecule has 3 saturated heterocycles. The summed E-state index contributed by atoms with van der Waals surface area (Å²) >= 11 is 0. The fourth-order valence-electron chi connectivity index (χ4n) is 7.21. The van der Waals surface area contributed by atoms with E-state index in [4.69, 9.17) is 21.6 Å². The van der Waals surface area contributed by atoms with Crippen LogP contribution in [0.15, 0.2) is 30.5 Å². The van der Waals surface area contributed by atoms with Crippen LogP contribution in [0.3, 0.4) is 0 Å². The molecular formula is C28H31N7O. The minimum Gasteiger partial charge on any atom is -0.390 e. The number of anilines is 2. The number of hydrogen-bond acceptors (Lipinski definition) is 6. The monoisotopic (exact) mass is 481 g/mol. The molecule has 0 unspecified atom stereocenters. The maximum absolute atomic E-state index is 10.8. The molecule has 2 aromatic heterocycles. The zero-order valence-corrected chi connectivity index (χ0v) is 20.9. The van der Waals surface area contributed by atoms with Crippen molar-refractivity contribution in [2.75, 3.05) is 29.4 Å². The van der Waals surface area contributed by atoms with Crippen molar-refractivity contribution in [1.29, 1.82) is 0 Å². The van der Waals surface area contributed by atoms with Crippen molar-refractivity contribution >= 4 is 22.7 Å². The lowest BCUT2D eigenvalue weighted by molar-refractivity contribution is -0.0754. The fourth-order valence-corrected chi connectivity index (χ4v) is 7.21. The Bertz CT molecular complexity index is 1470. The van der Waals surface area contributed by atoms with Gasteiger partial charge in [0, 0.05) is 54.5 Å². The number of hydrogen-bond donors (Lipinski definition) is 1. The van der Waals surface area contributed by atoms with E-state index < -0.39 is 5.60 Å². The summed E-state index contributed by atoms with van der Waals surface area (Å²) in [7, 11) is 0. The molecule has 3 aliphatic heterocycles. The topological polar surface area (TPSA) is 74.7 Å². The first-order valence-corrected chi connectivity index (χ1v) is 13.3. The lowest BCUT2D eigenvalue weighted by Crippen LogP contribution is -2.50. The molecule has 8 heteroatoms. The van der Waals surface area contributed by atoms with Crippen LogP contribution in [0.5, 0.6) is 0 Å². The molecule has 0 amide bonds. The van der Waals surface area contributed by atoms with E-state index in [1.165, 1.54) is 12.8 Å². The van der Waals surface area contributed by atoms with Gasteiger partial charge in [-0.25, -0.2) is 11.3 Å². The number of benzene rings is 1. The van der Waals surface area contributed by atoms with Crippen molar-refractivity contribution in [2.24, 2.45) is 10.8 Å². The molecule has 36 heavy (non-hydrogen) atoms. The second-order valence-electron chi connectivity index (χ2n) is 12.5. The predicted octanol–water partition coefficient (Wildman–Crippen LogP) is 4.06. The molecule has 1 spiro atoms. The van der Waals surface area contributed by atoms with Crippen molar-refractivity contribution in [3.8, 4) is 5.82 Å². The van der Waals surface area contributed by atoms with Gasteiger partial charge in [0.1, 0.15) is 5.82 Å². The van der Waals surface area contributed by atoms with Gasteiger partial charge < -0.3 is 19.8 Å². The number of aromatic nitrogens is 4. The van der Waals surface area contributed by atoms with Crippen LogP contribution < -0.4 is 9.80 Å². The standard InChI is InChI=1S/C28H31N7O/c1-25(2,36)27-13-20(14-27)34(17-27)22-12-23(32-24(31-22)33-9-4-10-33)35-21-11-19(6-5-18(21)15-30-35)28(29-3)16-26(28)7-8-26/h5-6,11-12,15,20,36H,4,7-10,13-14,16-17H2,1-2H3/t20?,27?,28-/m1/s1. The van der Waals surface area contributed by atoms with Crippen molar-refractivity contribution in [3.05, 3.63) is 47.4 Å². The number of aliphatic hydroxyl groups is 1. The maximum Gasteiger partial charge on any atom is 0.264 e. The Balaban J connectivity index is 1.22. The van der Waals surface area contributed by atoms with E-state index in [-0.39, 0.29) is 16.4 Å². The fraction of sp³-hybridized carbons (Fsp3) is 0.571. The van der Waals surface area contributed by atoms with E-state index in [1.807, 2.05) is 24.7 Å². The van der Waals surface area contributed by atoms with E-state index in [0.29, 0.717) is 6.04 Å². The van der Waals surface area contributed by atoms with Crippen LogP contribution in [-0.4, -0.2) is 56.1 Å². The number of fused-ring (bicyclic) bond motifs is 2. The second-order valence-corrected chi connectivity index (χ2v) is 12.5. The van der Waals surface area contributed by atoms with Crippen molar-refractivity contribution in [2.45, 2.75) is 69.6 Å². The Morgan fingerprint density at radius 1 is 1.11 bits per heavy atom. The summed E-state index contributed by atoms with van der Waals surface area (Å²) in [6.07, 6.45) is 8.39. The molecule has 5 heterocycles. The van der Waals surface area contributed by atoms with Crippen LogP contribution in [0.1, 0.15) is 57.9 Å². The highest BCUT2D eigenvalue weighted by molar-refractivity contribution is 5.82. The highest BCUT2D eigenvalue weighted by Crippen LogP contribution is 2.79. The highest BCUT2D eigenvalue weighted by Gasteiger charge is 2.82. The van der Waals surface area contributed by atoms with Gasteiger partial charge in [0.15, 0.2) is 5.82 Å². The van der Waals surface area contributed by atoms with Crippen LogP contribution in [0.25, 0.3) is 21.6 Å². The van der Waals surface area contributed by atoms with Crippen molar-refractivity contribution in [3.63, 3.8) is 0 Å². The molecule has 3 aliphatic carbocycles. The van der Waals surface area contributed by atoms with E-state index in [1.54, 1.807) is 0 Å². The summed E-state index contributed by atoms with van der Waals surface area (Å²) in [6.45, 7) is 14.6. The van der Waals surface area contributed by atoms with Crippen LogP contribution in [0, 0.1) is 17.4 Å². The van der Waals surface area contributed by atoms with Gasteiger partial charge in [0.05, 0.1) is 22.7 Å². The Hall–Kier alpha value is -3.18. The van der Waals surface area contributed by atoms with Crippen molar-refractivity contribution in [1.82, 2.24) is 19.7 Å². The molecule has 3 aromatic rings. The van der Waals surface area contributed by atoms with Gasteiger partial charge in [-0.15, -0.1) is 0 Å². The van der Waals surface area contributed by atoms with Crippen molar-refractivity contribution < 1.29 is 5.11 Å². The molecular weight excluding hydrogens is 450 g/mol. The third-order valence-corrected chi connectivity index (χ3v) is 10.2. The molecule has 1 aromatic carbocycles. The quantitative estimate of drug-likeness (QED) is 0.554. The lowest BCUT2D eigenvalue weighted by Gasteiger charge is -2.45. The molecule has 6 aliphatic rings. The van der Waals surface area contributed by atoms with Crippen LogP contribution >= 0.6 is 0 Å². The van der Waals surface area contributed by atoms with Gasteiger partial charge in [-0.3, -0.25) is 0 Å². The van der Waals surface area contributed by atoms with Crippen LogP contribution in [0.2, 0.25) is 0 Å². The largest absolute Gasteiger partial charge is 0.390 e. The second kappa shape index (κ2) is 6.38. The predicted molar refractivity (Wildman–Crippen MR) is 137 cm³/mol. The first-order chi connectivity index (χ1) is 17.3. The van der Waals surface area contributed by atoms with E-state index in [0.717, 1.165) is 79.4 Å². The zero-order valence-electron chi connectivity index (χ0n) is 20.9. The average molecular weight is 482 g/mol.